The van der Waals surface area contributed by atoms with Crippen molar-refractivity contribution in [3.8, 4) is 0 Å². The molecule has 2 rings (SSSR count). The van der Waals surface area contributed by atoms with Gasteiger partial charge < -0.3 is 11.1 Å². The lowest BCUT2D eigenvalue weighted by Gasteiger charge is -2.47. The molecule has 94 valence electrons. The molecule has 0 unspecified atom stereocenters. The van der Waals surface area contributed by atoms with Crippen LogP contribution in [0.15, 0.2) is 24.3 Å². The zero-order chi connectivity index (χ0) is 12.7. The number of nitrogens with one attached hydrogen (secondary N) is 1. The summed E-state index contributed by atoms with van der Waals surface area (Å²) in [5, 5.41) is 3.71. The predicted molar refractivity (Wildman–Crippen MR) is 74.1 cm³/mol. The number of nitrogen functional groups attached to an aromatic ring is 1. The van der Waals surface area contributed by atoms with E-state index in [9.17, 15) is 0 Å². The maximum atomic E-state index is 6.11. The third-order valence-electron chi connectivity index (χ3n) is 3.63. The Morgan fingerprint density at radius 3 is 2.12 bits per heavy atom. The van der Waals surface area contributed by atoms with Gasteiger partial charge in [0, 0.05) is 16.8 Å². The smallest absolute Gasteiger partial charge is 0.0349 e. The van der Waals surface area contributed by atoms with Crippen molar-refractivity contribution in [3.05, 3.63) is 29.8 Å². The largest absolute Gasteiger partial charge is 0.398 e. The Bertz CT molecular complexity index is 391. The molecule has 0 atom stereocenters. The first-order valence-electron chi connectivity index (χ1n) is 6.43. The number of nitrogens with two attached hydrogens (primary N) is 1. The van der Waals surface area contributed by atoms with Gasteiger partial charge in [-0.05, 0) is 58.1 Å². The molecular formula is C15H24N2. The summed E-state index contributed by atoms with van der Waals surface area (Å²) >= 11 is 0. The lowest BCUT2D eigenvalue weighted by atomic mass is 9.73. The zero-order valence-electron chi connectivity index (χ0n) is 11.4. The standard InChI is InChI=1S/C15H24N2/c1-14(2)9-11(10-15(3,4)17-14)12-7-5-6-8-13(12)16/h5-8,11,17H,9-10,16H2,1-4H3. The predicted octanol–water partition coefficient (Wildman–Crippen LogP) is 3.29. The Balaban J connectivity index is 2.30. The van der Waals surface area contributed by atoms with Gasteiger partial charge in [0.25, 0.3) is 0 Å². The van der Waals surface area contributed by atoms with Gasteiger partial charge in [-0.3, -0.25) is 0 Å². The molecule has 0 aromatic heterocycles. The minimum absolute atomic E-state index is 0.175. The fourth-order valence-corrected chi connectivity index (χ4v) is 3.42. The van der Waals surface area contributed by atoms with E-state index >= 15 is 0 Å². The van der Waals surface area contributed by atoms with Gasteiger partial charge in [0.05, 0.1) is 0 Å². The molecule has 3 N–H and O–H groups in total. The van der Waals surface area contributed by atoms with Crippen molar-refractivity contribution in [2.24, 2.45) is 0 Å². The molecule has 0 bridgehead atoms. The topological polar surface area (TPSA) is 38.0 Å². The van der Waals surface area contributed by atoms with Crippen LogP contribution in [0.5, 0.6) is 0 Å². The van der Waals surface area contributed by atoms with Gasteiger partial charge in [-0.25, -0.2) is 0 Å². The van der Waals surface area contributed by atoms with E-state index in [1.807, 2.05) is 12.1 Å². The third kappa shape index (κ3) is 2.81. The van der Waals surface area contributed by atoms with Crippen LogP contribution in [0.2, 0.25) is 0 Å². The number of piperidine rings is 1. The van der Waals surface area contributed by atoms with Crippen molar-refractivity contribution in [1.29, 1.82) is 0 Å². The summed E-state index contributed by atoms with van der Waals surface area (Å²) < 4.78 is 0. The minimum Gasteiger partial charge on any atom is -0.398 e. The lowest BCUT2D eigenvalue weighted by Crippen LogP contribution is -2.57. The quantitative estimate of drug-likeness (QED) is 0.729. The SMILES string of the molecule is CC1(C)CC(c2ccccc2N)CC(C)(C)N1. The first kappa shape index (κ1) is 12.4. The summed E-state index contributed by atoms with van der Waals surface area (Å²) in [6.07, 6.45) is 2.29. The van der Waals surface area contributed by atoms with Crippen LogP contribution >= 0.6 is 0 Å². The van der Waals surface area contributed by atoms with Crippen molar-refractivity contribution in [1.82, 2.24) is 5.32 Å². The molecule has 0 radical (unpaired) electrons. The van der Waals surface area contributed by atoms with E-state index < -0.39 is 0 Å². The van der Waals surface area contributed by atoms with Crippen molar-refractivity contribution in [3.63, 3.8) is 0 Å². The highest BCUT2D eigenvalue weighted by Gasteiger charge is 2.38. The second kappa shape index (κ2) is 4.02. The van der Waals surface area contributed by atoms with E-state index in [1.54, 1.807) is 0 Å². The van der Waals surface area contributed by atoms with Crippen LogP contribution in [-0.4, -0.2) is 11.1 Å². The maximum Gasteiger partial charge on any atom is 0.0349 e. The molecule has 0 spiro atoms. The van der Waals surface area contributed by atoms with Crippen LogP contribution in [0, 0.1) is 0 Å². The molecule has 1 aromatic rings. The fourth-order valence-electron chi connectivity index (χ4n) is 3.42. The van der Waals surface area contributed by atoms with Gasteiger partial charge >= 0.3 is 0 Å². The maximum absolute atomic E-state index is 6.11. The Kier molecular flexibility index (Phi) is 2.94. The number of hydrogen-bond acceptors (Lipinski definition) is 2. The van der Waals surface area contributed by atoms with E-state index in [1.165, 1.54) is 5.56 Å². The molecule has 2 heteroatoms. The highest BCUT2D eigenvalue weighted by Crippen LogP contribution is 2.40. The highest BCUT2D eigenvalue weighted by molar-refractivity contribution is 5.49. The molecule has 0 aliphatic carbocycles. The monoisotopic (exact) mass is 232 g/mol. The normalized spacial score (nSPS) is 23.5. The third-order valence-corrected chi connectivity index (χ3v) is 3.63. The first-order valence-corrected chi connectivity index (χ1v) is 6.43. The van der Waals surface area contributed by atoms with Crippen molar-refractivity contribution < 1.29 is 0 Å². The summed E-state index contributed by atoms with van der Waals surface area (Å²) in [7, 11) is 0. The second-order valence-corrected chi connectivity index (χ2v) is 6.63. The number of rotatable bonds is 1. The highest BCUT2D eigenvalue weighted by atomic mass is 15.0. The minimum atomic E-state index is 0.175. The van der Waals surface area contributed by atoms with Crippen molar-refractivity contribution in [2.45, 2.75) is 57.5 Å². The van der Waals surface area contributed by atoms with E-state index in [4.69, 9.17) is 5.73 Å². The number of para-hydroxylation sites is 1. The van der Waals surface area contributed by atoms with Crippen molar-refractivity contribution in [2.75, 3.05) is 5.73 Å². The summed E-state index contributed by atoms with van der Waals surface area (Å²) in [6, 6.07) is 8.29. The summed E-state index contributed by atoms with van der Waals surface area (Å²) in [5.41, 5.74) is 8.71. The molecule has 1 aromatic carbocycles. The summed E-state index contributed by atoms with van der Waals surface area (Å²) in [5.74, 6) is 0.558. The van der Waals surface area contributed by atoms with E-state index in [0.717, 1.165) is 18.5 Å². The second-order valence-electron chi connectivity index (χ2n) is 6.63. The molecule has 17 heavy (non-hydrogen) atoms. The molecule has 1 fully saturated rings. The summed E-state index contributed by atoms with van der Waals surface area (Å²) in [6.45, 7) is 9.11. The van der Waals surface area contributed by atoms with Gasteiger partial charge in [0.2, 0.25) is 0 Å². The van der Waals surface area contributed by atoms with Crippen LogP contribution in [-0.2, 0) is 0 Å². The van der Waals surface area contributed by atoms with Crippen molar-refractivity contribution >= 4 is 5.69 Å². The fraction of sp³-hybridized carbons (Fsp3) is 0.600. The van der Waals surface area contributed by atoms with Crippen LogP contribution in [0.1, 0.15) is 52.0 Å². The Hall–Kier alpha value is -1.02. The number of anilines is 1. The average molecular weight is 232 g/mol. The number of benzene rings is 1. The molecule has 1 saturated heterocycles. The molecule has 1 aliphatic rings. The van der Waals surface area contributed by atoms with E-state index in [0.29, 0.717) is 5.92 Å². The van der Waals surface area contributed by atoms with Crippen LogP contribution in [0.4, 0.5) is 5.69 Å². The molecular weight excluding hydrogens is 208 g/mol. The van der Waals surface area contributed by atoms with E-state index in [-0.39, 0.29) is 11.1 Å². The van der Waals surface area contributed by atoms with Gasteiger partial charge in [0.15, 0.2) is 0 Å². The van der Waals surface area contributed by atoms with Gasteiger partial charge in [0.1, 0.15) is 0 Å². The molecule has 0 amide bonds. The van der Waals surface area contributed by atoms with Crippen LogP contribution < -0.4 is 11.1 Å². The van der Waals surface area contributed by atoms with Crippen LogP contribution in [0.25, 0.3) is 0 Å². The molecule has 1 heterocycles. The Morgan fingerprint density at radius 1 is 1.06 bits per heavy atom. The molecule has 1 aliphatic heterocycles. The van der Waals surface area contributed by atoms with Gasteiger partial charge in [-0.2, -0.15) is 0 Å². The van der Waals surface area contributed by atoms with Gasteiger partial charge in [-0.15, -0.1) is 0 Å². The lowest BCUT2D eigenvalue weighted by molar-refractivity contribution is 0.162. The Labute approximate surface area is 105 Å². The summed E-state index contributed by atoms with van der Waals surface area (Å²) in [4.78, 5) is 0. The number of hydrogen-bond donors (Lipinski definition) is 2. The van der Waals surface area contributed by atoms with Crippen LogP contribution in [0.3, 0.4) is 0 Å². The molecule has 0 saturated carbocycles. The molecule has 2 nitrogen and oxygen atoms in total. The average Bonchev–Trinajstić information content (AvgIpc) is 2.13. The zero-order valence-corrected chi connectivity index (χ0v) is 11.4. The van der Waals surface area contributed by atoms with E-state index in [2.05, 4.69) is 45.1 Å². The van der Waals surface area contributed by atoms with Gasteiger partial charge in [-0.1, -0.05) is 18.2 Å². The first-order chi connectivity index (χ1) is 7.79. The Morgan fingerprint density at radius 2 is 1.59 bits per heavy atom.